The number of thiocarbonyl (C=S) groups is 1. The standard InChI is InChI=1S/C27H33N3OS2/c1-22-8-5-16-29(20-22)17-7-18-30(21-26-11-6-19-33-26)27(32)28-23-12-14-25(15-13-23)31-24-9-3-2-4-10-24/h2-4,6,9-15,19,22H,5,7-8,16-18,20-21H2,1H3,(H,28,32)/t22-/m1/s1. The number of nitrogens with one attached hydrogen (secondary N) is 1. The van der Waals surface area contributed by atoms with Crippen molar-refractivity contribution >= 4 is 34.4 Å². The second-order valence-electron chi connectivity index (χ2n) is 8.77. The van der Waals surface area contributed by atoms with Crippen molar-refractivity contribution in [2.75, 3.05) is 31.5 Å². The average molecular weight is 480 g/mol. The maximum Gasteiger partial charge on any atom is 0.173 e. The number of nitrogens with zero attached hydrogens (tertiary/aromatic N) is 2. The van der Waals surface area contributed by atoms with E-state index in [4.69, 9.17) is 17.0 Å². The number of anilines is 1. The molecule has 6 heteroatoms. The lowest BCUT2D eigenvalue weighted by Crippen LogP contribution is -2.39. The topological polar surface area (TPSA) is 27.7 Å². The lowest BCUT2D eigenvalue weighted by atomic mass is 10.0. The van der Waals surface area contributed by atoms with Gasteiger partial charge in [-0.25, -0.2) is 0 Å². The highest BCUT2D eigenvalue weighted by Gasteiger charge is 2.17. The van der Waals surface area contributed by atoms with E-state index < -0.39 is 0 Å². The molecule has 0 aliphatic carbocycles. The zero-order valence-corrected chi connectivity index (χ0v) is 20.9. The van der Waals surface area contributed by atoms with Gasteiger partial charge in [0.15, 0.2) is 5.11 Å². The number of benzene rings is 2. The summed E-state index contributed by atoms with van der Waals surface area (Å²) in [6.07, 6.45) is 3.80. The van der Waals surface area contributed by atoms with Crippen molar-refractivity contribution in [1.82, 2.24) is 9.80 Å². The minimum Gasteiger partial charge on any atom is -0.457 e. The molecule has 33 heavy (non-hydrogen) atoms. The molecule has 0 spiro atoms. The van der Waals surface area contributed by atoms with Crippen LogP contribution in [0.15, 0.2) is 72.1 Å². The lowest BCUT2D eigenvalue weighted by molar-refractivity contribution is 0.177. The lowest BCUT2D eigenvalue weighted by Gasteiger charge is -2.32. The van der Waals surface area contributed by atoms with E-state index in [2.05, 4.69) is 39.6 Å². The Morgan fingerprint density at radius 2 is 1.88 bits per heavy atom. The number of hydrogen-bond acceptors (Lipinski definition) is 4. The first-order valence-corrected chi connectivity index (χ1v) is 13.1. The van der Waals surface area contributed by atoms with Crippen molar-refractivity contribution in [2.45, 2.75) is 32.7 Å². The van der Waals surface area contributed by atoms with Crippen LogP contribution in [-0.4, -0.2) is 41.1 Å². The van der Waals surface area contributed by atoms with Gasteiger partial charge in [0.2, 0.25) is 0 Å². The van der Waals surface area contributed by atoms with Crippen molar-refractivity contribution in [3.05, 3.63) is 77.0 Å². The minimum atomic E-state index is 0.770. The number of rotatable bonds is 9. The maximum atomic E-state index is 5.90. The molecule has 3 aromatic rings. The van der Waals surface area contributed by atoms with Crippen molar-refractivity contribution in [1.29, 1.82) is 0 Å². The third-order valence-electron chi connectivity index (χ3n) is 5.94. The second-order valence-corrected chi connectivity index (χ2v) is 10.2. The third-order valence-corrected chi connectivity index (χ3v) is 7.16. The molecule has 2 heterocycles. The fraction of sp³-hybridized carbons (Fsp3) is 0.370. The van der Waals surface area contributed by atoms with Crippen LogP contribution in [0.25, 0.3) is 0 Å². The summed E-state index contributed by atoms with van der Waals surface area (Å²) in [4.78, 5) is 6.24. The zero-order valence-electron chi connectivity index (χ0n) is 19.3. The molecule has 1 saturated heterocycles. The zero-order chi connectivity index (χ0) is 22.9. The van der Waals surface area contributed by atoms with E-state index in [1.54, 1.807) is 11.3 Å². The van der Waals surface area contributed by atoms with Crippen LogP contribution in [0.5, 0.6) is 11.5 Å². The maximum absolute atomic E-state index is 5.90. The molecule has 4 nitrogen and oxygen atoms in total. The average Bonchev–Trinajstić information content (AvgIpc) is 3.34. The summed E-state index contributed by atoms with van der Waals surface area (Å²) in [5.74, 6) is 2.46. The van der Waals surface area contributed by atoms with Gasteiger partial charge in [0.05, 0.1) is 6.54 Å². The van der Waals surface area contributed by atoms with E-state index in [-0.39, 0.29) is 0 Å². The summed E-state index contributed by atoms with van der Waals surface area (Å²) in [6, 6.07) is 22.1. The van der Waals surface area contributed by atoms with Crippen molar-refractivity contribution in [3.63, 3.8) is 0 Å². The summed E-state index contributed by atoms with van der Waals surface area (Å²) in [7, 11) is 0. The summed E-state index contributed by atoms with van der Waals surface area (Å²) in [5, 5.41) is 6.33. The van der Waals surface area contributed by atoms with Crippen LogP contribution >= 0.6 is 23.6 Å². The van der Waals surface area contributed by atoms with Gasteiger partial charge in [-0.05, 0) is 98.3 Å². The number of piperidine rings is 1. The van der Waals surface area contributed by atoms with E-state index >= 15 is 0 Å². The molecule has 1 aliphatic heterocycles. The van der Waals surface area contributed by atoms with Crippen LogP contribution in [0.4, 0.5) is 5.69 Å². The summed E-state index contributed by atoms with van der Waals surface area (Å²) in [5.41, 5.74) is 0.974. The molecule has 0 unspecified atom stereocenters. The monoisotopic (exact) mass is 479 g/mol. The first-order chi connectivity index (χ1) is 16.2. The van der Waals surface area contributed by atoms with E-state index in [0.717, 1.165) is 54.3 Å². The smallest absolute Gasteiger partial charge is 0.173 e. The fourth-order valence-corrected chi connectivity index (χ4v) is 5.24. The molecule has 0 amide bonds. The Balaban J connectivity index is 1.33. The van der Waals surface area contributed by atoms with Crippen molar-refractivity contribution < 1.29 is 4.74 Å². The molecule has 1 N–H and O–H groups in total. The SMILES string of the molecule is C[C@@H]1CCCN(CCCN(Cc2cccs2)C(=S)Nc2ccc(Oc3ccccc3)cc2)C1. The van der Waals surface area contributed by atoms with Gasteiger partial charge in [-0.15, -0.1) is 11.3 Å². The molecule has 1 atom stereocenters. The highest BCUT2D eigenvalue weighted by atomic mass is 32.1. The molecular formula is C27H33N3OS2. The van der Waals surface area contributed by atoms with Crippen LogP contribution in [0, 0.1) is 5.92 Å². The van der Waals surface area contributed by atoms with E-state index in [9.17, 15) is 0 Å². The predicted octanol–water partition coefficient (Wildman–Crippen LogP) is 6.86. The highest BCUT2D eigenvalue weighted by molar-refractivity contribution is 7.80. The number of thiophene rings is 1. The number of hydrogen-bond donors (Lipinski definition) is 1. The number of likely N-dealkylation sites (tertiary alicyclic amines) is 1. The molecule has 1 fully saturated rings. The molecule has 2 aromatic carbocycles. The van der Waals surface area contributed by atoms with Gasteiger partial charge >= 0.3 is 0 Å². The normalized spacial score (nSPS) is 16.3. The Morgan fingerprint density at radius 3 is 2.61 bits per heavy atom. The van der Waals surface area contributed by atoms with Crippen LogP contribution < -0.4 is 10.1 Å². The van der Waals surface area contributed by atoms with Crippen LogP contribution in [0.2, 0.25) is 0 Å². The Kier molecular flexibility index (Phi) is 8.75. The molecule has 1 aliphatic rings. The van der Waals surface area contributed by atoms with E-state index in [1.807, 2.05) is 54.6 Å². The molecular weight excluding hydrogens is 446 g/mol. The first kappa shape index (κ1) is 23.7. The van der Waals surface area contributed by atoms with Gasteiger partial charge < -0.3 is 19.9 Å². The molecule has 0 radical (unpaired) electrons. The number of para-hydroxylation sites is 1. The van der Waals surface area contributed by atoms with Gasteiger partial charge in [-0.3, -0.25) is 0 Å². The summed E-state index contributed by atoms with van der Waals surface area (Å²) >= 11 is 7.62. The number of ether oxygens (including phenoxy) is 1. The first-order valence-electron chi connectivity index (χ1n) is 11.8. The fourth-order valence-electron chi connectivity index (χ4n) is 4.25. The summed E-state index contributed by atoms with van der Waals surface area (Å²) < 4.78 is 5.90. The molecule has 1 aromatic heterocycles. The van der Waals surface area contributed by atoms with E-state index in [1.165, 1.54) is 30.8 Å². The Bertz CT molecular complexity index is 976. The molecule has 4 rings (SSSR count). The quantitative estimate of drug-likeness (QED) is 0.338. The highest BCUT2D eigenvalue weighted by Crippen LogP contribution is 2.23. The largest absolute Gasteiger partial charge is 0.457 e. The van der Waals surface area contributed by atoms with Gasteiger partial charge in [0.1, 0.15) is 11.5 Å². The van der Waals surface area contributed by atoms with Crippen molar-refractivity contribution in [3.8, 4) is 11.5 Å². The molecule has 0 bridgehead atoms. The van der Waals surface area contributed by atoms with E-state index in [0.29, 0.717) is 0 Å². The third kappa shape index (κ3) is 7.56. The van der Waals surface area contributed by atoms with Crippen molar-refractivity contribution in [2.24, 2.45) is 5.92 Å². The van der Waals surface area contributed by atoms with Gasteiger partial charge in [-0.2, -0.15) is 0 Å². The molecule has 0 saturated carbocycles. The van der Waals surface area contributed by atoms with Crippen LogP contribution in [0.3, 0.4) is 0 Å². The Labute approximate surface area is 207 Å². The summed E-state index contributed by atoms with van der Waals surface area (Å²) in [6.45, 7) is 7.75. The van der Waals surface area contributed by atoms with Gasteiger partial charge in [0.25, 0.3) is 0 Å². The second kappa shape index (κ2) is 12.2. The molecule has 174 valence electrons. The minimum absolute atomic E-state index is 0.770. The van der Waals surface area contributed by atoms with Crippen LogP contribution in [-0.2, 0) is 6.54 Å². The Hall–Kier alpha value is -2.41. The van der Waals surface area contributed by atoms with Gasteiger partial charge in [0, 0.05) is 23.7 Å². The van der Waals surface area contributed by atoms with Crippen LogP contribution in [0.1, 0.15) is 31.1 Å². The predicted molar refractivity (Wildman–Crippen MR) is 143 cm³/mol. The van der Waals surface area contributed by atoms with Gasteiger partial charge in [-0.1, -0.05) is 31.2 Å². The Morgan fingerprint density at radius 1 is 1.09 bits per heavy atom.